The van der Waals surface area contributed by atoms with Crippen molar-refractivity contribution in [1.82, 2.24) is 4.90 Å². The SMILES string of the molecule is COc1cccc(C(=O)N(C)C2CCCC(C)C2)c1N. The van der Waals surface area contributed by atoms with Crippen LogP contribution in [0.3, 0.4) is 0 Å². The fourth-order valence-corrected chi connectivity index (χ4v) is 3.02. The first-order valence-corrected chi connectivity index (χ1v) is 7.24. The second-order valence-corrected chi connectivity index (χ2v) is 5.76. The van der Waals surface area contributed by atoms with E-state index in [9.17, 15) is 4.79 Å². The lowest BCUT2D eigenvalue weighted by Gasteiger charge is -2.34. The number of ether oxygens (including phenoxy) is 1. The van der Waals surface area contributed by atoms with Crippen LogP contribution in [0.4, 0.5) is 5.69 Å². The Kier molecular flexibility index (Phi) is 4.53. The van der Waals surface area contributed by atoms with Gasteiger partial charge in [0.1, 0.15) is 5.75 Å². The highest BCUT2D eigenvalue weighted by atomic mass is 16.5. The Morgan fingerprint density at radius 1 is 1.40 bits per heavy atom. The van der Waals surface area contributed by atoms with Gasteiger partial charge in [-0.2, -0.15) is 0 Å². The highest BCUT2D eigenvalue weighted by Crippen LogP contribution is 2.30. The third-order valence-electron chi connectivity index (χ3n) is 4.29. The van der Waals surface area contributed by atoms with E-state index in [1.165, 1.54) is 12.8 Å². The van der Waals surface area contributed by atoms with Gasteiger partial charge in [-0.05, 0) is 30.9 Å². The molecule has 1 aromatic rings. The van der Waals surface area contributed by atoms with Crippen LogP contribution in [0.2, 0.25) is 0 Å². The van der Waals surface area contributed by atoms with Gasteiger partial charge in [-0.25, -0.2) is 0 Å². The number of benzene rings is 1. The van der Waals surface area contributed by atoms with Crippen LogP contribution in [0.25, 0.3) is 0 Å². The van der Waals surface area contributed by atoms with E-state index in [1.54, 1.807) is 25.3 Å². The predicted molar refractivity (Wildman–Crippen MR) is 80.9 cm³/mol. The van der Waals surface area contributed by atoms with Crippen molar-refractivity contribution in [2.24, 2.45) is 5.92 Å². The average Bonchev–Trinajstić information content (AvgIpc) is 2.46. The van der Waals surface area contributed by atoms with Crippen molar-refractivity contribution < 1.29 is 9.53 Å². The lowest BCUT2D eigenvalue weighted by atomic mass is 9.86. The Morgan fingerprint density at radius 3 is 2.80 bits per heavy atom. The number of rotatable bonds is 3. The molecule has 0 aliphatic heterocycles. The first kappa shape index (κ1) is 14.7. The summed E-state index contributed by atoms with van der Waals surface area (Å²) in [5.74, 6) is 1.23. The summed E-state index contributed by atoms with van der Waals surface area (Å²) in [7, 11) is 3.44. The van der Waals surface area contributed by atoms with Gasteiger partial charge in [-0.15, -0.1) is 0 Å². The van der Waals surface area contributed by atoms with E-state index < -0.39 is 0 Å². The summed E-state index contributed by atoms with van der Waals surface area (Å²) >= 11 is 0. The third kappa shape index (κ3) is 2.89. The maximum absolute atomic E-state index is 12.6. The molecule has 1 aliphatic carbocycles. The number of nitrogens with zero attached hydrogens (tertiary/aromatic N) is 1. The minimum atomic E-state index is -0.0134. The Bertz CT molecular complexity index is 487. The Morgan fingerprint density at radius 2 is 2.15 bits per heavy atom. The number of amides is 1. The van der Waals surface area contributed by atoms with Crippen molar-refractivity contribution in [1.29, 1.82) is 0 Å². The maximum Gasteiger partial charge on any atom is 0.256 e. The number of nitrogen functional groups attached to an aromatic ring is 1. The molecular weight excluding hydrogens is 252 g/mol. The van der Waals surface area contributed by atoms with Gasteiger partial charge in [0.15, 0.2) is 0 Å². The number of hydrogen-bond donors (Lipinski definition) is 1. The van der Waals surface area contributed by atoms with Crippen molar-refractivity contribution in [3.63, 3.8) is 0 Å². The number of carbonyl (C=O) groups excluding carboxylic acids is 1. The van der Waals surface area contributed by atoms with Crippen molar-refractivity contribution in [2.75, 3.05) is 19.9 Å². The van der Waals surface area contributed by atoms with Gasteiger partial charge in [0, 0.05) is 13.1 Å². The van der Waals surface area contributed by atoms with Crippen LogP contribution in [0.15, 0.2) is 18.2 Å². The molecule has 2 atom stereocenters. The molecule has 0 saturated heterocycles. The maximum atomic E-state index is 12.6. The third-order valence-corrected chi connectivity index (χ3v) is 4.29. The molecule has 0 aromatic heterocycles. The van der Waals surface area contributed by atoms with E-state index in [1.807, 2.05) is 11.9 Å². The van der Waals surface area contributed by atoms with Gasteiger partial charge in [-0.3, -0.25) is 4.79 Å². The molecule has 1 fully saturated rings. The summed E-state index contributed by atoms with van der Waals surface area (Å²) in [5.41, 5.74) is 6.98. The van der Waals surface area contributed by atoms with Gasteiger partial charge < -0.3 is 15.4 Å². The van der Waals surface area contributed by atoms with Gasteiger partial charge in [0.25, 0.3) is 5.91 Å². The second-order valence-electron chi connectivity index (χ2n) is 5.76. The molecule has 0 heterocycles. The van der Waals surface area contributed by atoms with Gasteiger partial charge in [-0.1, -0.05) is 25.8 Å². The molecule has 4 heteroatoms. The highest BCUT2D eigenvalue weighted by Gasteiger charge is 2.27. The van der Waals surface area contributed by atoms with Crippen LogP contribution >= 0.6 is 0 Å². The summed E-state index contributed by atoms with van der Waals surface area (Å²) in [6.07, 6.45) is 4.61. The molecule has 20 heavy (non-hydrogen) atoms. The van der Waals surface area contributed by atoms with Gasteiger partial charge in [0.05, 0.1) is 18.4 Å². The topological polar surface area (TPSA) is 55.6 Å². The lowest BCUT2D eigenvalue weighted by Crippen LogP contribution is -2.40. The summed E-state index contributed by atoms with van der Waals surface area (Å²) in [6, 6.07) is 5.66. The Balaban J connectivity index is 2.18. The van der Waals surface area contributed by atoms with Crippen molar-refractivity contribution in [2.45, 2.75) is 38.6 Å². The number of carbonyl (C=O) groups is 1. The van der Waals surface area contributed by atoms with Crippen LogP contribution in [-0.4, -0.2) is 31.0 Å². The predicted octanol–water partition coefficient (Wildman–Crippen LogP) is 2.93. The van der Waals surface area contributed by atoms with E-state index in [4.69, 9.17) is 10.5 Å². The molecule has 2 rings (SSSR count). The number of para-hydroxylation sites is 1. The first-order chi connectivity index (χ1) is 9.54. The molecule has 1 aromatic carbocycles. The first-order valence-electron chi connectivity index (χ1n) is 7.24. The lowest BCUT2D eigenvalue weighted by molar-refractivity contribution is 0.0673. The van der Waals surface area contributed by atoms with Crippen molar-refractivity contribution >= 4 is 11.6 Å². The van der Waals surface area contributed by atoms with Crippen molar-refractivity contribution in [3.8, 4) is 5.75 Å². The molecular formula is C16H24N2O2. The molecule has 1 amide bonds. The molecule has 1 aliphatic rings. The van der Waals surface area contributed by atoms with Gasteiger partial charge in [0.2, 0.25) is 0 Å². The van der Waals surface area contributed by atoms with E-state index in [0.29, 0.717) is 29.0 Å². The molecule has 0 bridgehead atoms. The monoisotopic (exact) mass is 276 g/mol. The van der Waals surface area contributed by atoms with Crippen LogP contribution in [-0.2, 0) is 0 Å². The molecule has 0 radical (unpaired) electrons. The van der Waals surface area contributed by atoms with Crippen molar-refractivity contribution in [3.05, 3.63) is 23.8 Å². The van der Waals surface area contributed by atoms with Gasteiger partial charge >= 0.3 is 0 Å². The van der Waals surface area contributed by atoms with Crippen LogP contribution < -0.4 is 10.5 Å². The Hall–Kier alpha value is -1.71. The number of methoxy groups -OCH3 is 1. The summed E-state index contributed by atoms with van der Waals surface area (Å²) in [6.45, 7) is 2.25. The summed E-state index contributed by atoms with van der Waals surface area (Å²) < 4.78 is 5.18. The normalized spacial score (nSPS) is 22.4. The number of nitrogens with two attached hydrogens (primary N) is 1. The van der Waals surface area contributed by atoms with E-state index in [-0.39, 0.29) is 5.91 Å². The Labute approximate surface area is 120 Å². The molecule has 1 saturated carbocycles. The molecule has 0 spiro atoms. The fraction of sp³-hybridized carbons (Fsp3) is 0.562. The standard InChI is InChI=1S/C16H24N2O2/c1-11-6-4-7-12(10-11)18(2)16(19)13-8-5-9-14(20-3)15(13)17/h5,8-9,11-12H,4,6-7,10,17H2,1-3H3. The van der Waals surface area contributed by atoms with E-state index >= 15 is 0 Å². The highest BCUT2D eigenvalue weighted by molar-refractivity contribution is 6.00. The average molecular weight is 276 g/mol. The molecule has 4 nitrogen and oxygen atoms in total. The van der Waals surface area contributed by atoms with Crippen LogP contribution in [0.1, 0.15) is 43.0 Å². The summed E-state index contributed by atoms with van der Waals surface area (Å²) in [5, 5.41) is 0. The zero-order chi connectivity index (χ0) is 14.7. The van der Waals surface area contributed by atoms with Crippen LogP contribution in [0, 0.1) is 5.92 Å². The van der Waals surface area contributed by atoms with Crippen LogP contribution in [0.5, 0.6) is 5.75 Å². The second kappa shape index (κ2) is 6.16. The van der Waals surface area contributed by atoms with E-state index in [2.05, 4.69) is 6.92 Å². The fourth-order valence-electron chi connectivity index (χ4n) is 3.02. The quantitative estimate of drug-likeness (QED) is 0.864. The molecule has 2 N–H and O–H groups in total. The number of hydrogen-bond acceptors (Lipinski definition) is 3. The smallest absolute Gasteiger partial charge is 0.256 e. The molecule has 2 unspecified atom stereocenters. The number of anilines is 1. The van der Waals surface area contributed by atoms with E-state index in [0.717, 1.165) is 12.8 Å². The minimum Gasteiger partial charge on any atom is -0.495 e. The molecule has 110 valence electrons. The zero-order valence-corrected chi connectivity index (χ0v) is 12.6. The largest absolute Gasteiger partial charge is 0.495 e. The summed E-state index contributed by atoms with van der Waals surface area (Å²) in [4.78, 5) is 14.5. The zero-order valence-electron chi connectivity index (χ0n) is 12.6. The minimum absolute atomic E-state index is 0.0134.